The molecule has 4 atom stereocenters. The molecule has 1 N–H and O–H groups in total. The fourth-order valence-electron chi connectivity index (χ4n) is 7.00. The predicted octanol–water partition coefficient (Wildman–Crippen LogP) is 3.23. The van der Waals surface area contributed by atoms with E-state index < -0.39 is 29.1 Å². The number of cyclic esters (lactones) is 1. The van der Waals surface area contributed by atoms with Gasteiger partial charge in [-0.1, -0.05) is 0 Å². The van der Waals surface area contributed by atoms with Crippen molar-refractivity contribution in [1.29, 1.82) is 0 Å². The van der Waals surface area contributed by atoms with Crippen molar-refractivity contribution >= 4 is 35.2 Å². The highest BCUT2D eigenvalue weighted by Crippen LogP contribution is 2.50. The third-order valence-corrected chi connectivity index (χ3v) is 9.64. The number of nitrogens with zero attached hydrogens (tertiary/aromatic N) is 5. The quantitative estimate of drug-likeness (QED) is 0.427. The molecule has 1 aliphatic carbocycles. The summed E-state index contributed by atoms with van der Waals surface area (Å²) < 4.78 is 17.4. The van der Waals surface area contributed by atoms with Crippen LogP contribution in [0.3, 0.4) is 0 Å². The topological polar surface area (TPSA) is 144 Å². The SMILES string of the molecule is COCCCN1C(=O)C(C)(C)Oc2ccc(N3C(=O)[C@@H]4C[C@H](C(=O)NCc5cnc(C)cn5)CN(C4)C(=O)OC(C)(C)C4CC43)cc21. The van der Waals surface area contributed by atoms with E-state index in [-0.39, 0.29) is 55.7 Å². The van der Waals surface area contributed by atoms with Crippen LogP contribution < -0.4 is 19.9 Å². The number of anilines is 2. The summed E-state index contributed by atoms with van der Waals surface area (Å²) in [5.74, 6) is -1.40. The Morgan fingerprint density at radius 1 is 1.06 bits per heavy atom. The van der Waals surface area contributed by atoms with Gasteiger partial charge in [0.2, 0.25) is 11.8 Å². The maximum absolute atomic E-state index is 14.6. The zero-order valence-electron chi connectivity index (χ0n) is 27.9. The number of ether oxygens (including phenoxy) is 3. The second-order valence-corrected chi connectivity index (χ2v) is 14.1. The van der Waals surface area contributed by atoms with Gasteiger partial charge in [-0.3, -0.25) is 24.4 Å². The van der Waals surface area contributed by atoms with Crippen LogP contribution in [0.5, 0.6) is 5.75 Å². The molecule has 13 nitrogen and oxygen atoms in total. The monoisotopic (exact) mass is 648 g/mol. The van der Waals surface area contributed by atoms with Crippen molar-refractivity contribution in [1.82, 2.24) is 20.2 Å². The summed E-state index contributed by atoms with van der Waals surface area (Å²) in [5, 5.41) is 2.91. The zero-order chi connectivity index (χ0) is 33.7. The number of fused-ring (bicyclic) bond motifs is 4. The summed E-state index contributed by atoms with van der Waals surface area (Å²) in [4.78, 5) is 68.5. The third kappa shape index (κ3) is 6.50. The minimum atomic E-state index is -1.04. The number of amides is 4. The molecule has 2 saturated heterocycles. The highest BCUT2D eigenvalue weighted by Gasteiger charge is 2.57. The molecule has 0 spiro atoms. The Morgan fingerprint density at radius 3 is 2.57 bits per heavy atom. The second kappa shape index (κ2) is 12.4. The molecule has 1 aromatic heterocycles. The first kappa shape index (κ1) is 32.7. The highest BCUT2D eigenvalue weighted by atomic mass is 16.6. The van der Waals surface area contributed by atoms with Crippen LogP contribution in [0.1, 0.15) is 58.3 Å². The van der Waals surface area contributed by atoms with Crippen LogP contribution in [-0.4, -0.2) is 89.3 Å². The van der Waals surface area contributed by atoms with E-state index in [2.05, 4.69) is 15.3 Å². The molecule has 252 valence electrons. The normalized spacial score (nSPS) is 26.1. The van der Waals surface area contributed by atoms with Crippen molar-refractivity contribution in [2.24, 2.45) is 17.8 Å². The van der Waals surface area contributed by atoms with Crippen molar-refractivity contribution in [3.63, 3.8) is 0 Å². The van der Waals surface area contributed by atoms with Crippen molar-refractivity contribution in [3.05, 3.63) is 42.0 Å². The lowest BCUT2D eigenvalue weighted by Gasteiger charge is -2.42. The average Bonchev–Trinajstić information content (AvgIpc) is 3.83. The number of carbonyl (C=O) groups is 4. The number of methoxy groups -OCH3 is 1. The molecule has 4 aliphatic rings. The molecule has 6 rings (SSSR count). The van der Waals surface area contributed by atoms with E-state index >= 15 is 0 Å². The van der Waals surface area contributed by atoms with Crippen LogP contribution in [0.25, 0.3) is 0 Å². The number of hydrogen-bond donors (Lipinski definition) is 1. The average molecular weight is 649 g/mol. The van der Waals surface area contributed by atoms with E-state index in [1.165, 1.54) is 4.90 Å². The molecule has 4 heterocycles. The smallest absolute Gasteiger partial charge is 0.410 e. The molecule has 0 radical (unpaired) electrons. The largest absolute Gasteiger partial charge is 0.476 e. The molecule has 3 aliphatic heterocycles. The number of nitrogens with one attached hydrogen (secondary N) is 1. The van der Waals surface area contributed by atoms with Crippen LogP contribution in [0, 0.1) is 24.7 Å². The minimum Gasteiger partial charge on any atom is -0.476 e. The van der Waals surface area contributed by atoms with Crippen LogP contribution in [0.2, 0.25) is 0 Å². The van der Waals surface area contributed by atoms with E-state index in [1.807, 2.05) is 39.0 Å². The van der Waals surface area contributed by atoms with Crippen molar-refractivity contribution in [3.8, 4) is 5.75 Å². The summed E-state index contributed by atoms with van der Waals surface area (Å²) in [5.41, 5.74) is 0.716. The number of benzene rings is 1. The summed E-state index contributed by atoms with van der Waals surface area (Å²) in [6.07, 6.45) is 4.28. The summed E-state index contributed by atoms with van der Waals surface area (Å²) in [6.45, 7) is 10.5. The van der Waals surface area contributed by atoms with E-state index in [0.717, 1.165) is 5.69 Å². The minimum absolute atomic E-state index is 0.0872. The summed E-state index contributed by atoms with van der Waals surface area (Å²) >= 11 is 0. The third-order valence-electron chi connectivity index (χ3n) is 9.64. The molecule has 3 fully saturated rings. The van der Waals surface area contributed by atoms with Gasteiger partial charge >= 0.3 is 6.09 Å². The van der Waals surface area contributed by atoms with Crippen molar-refractivity contribution in [2.45, 2.75) is 77.7 Å². The van der Waals surface area contributed by atoms with Gasteiger partial charge in [-0.25, -0.2) is 4.79 Å². The number of carbonyl (C=O) groups excluding carboxylic acids is 4. The lowest BCUT2D eigenvalue weighted by Crippen LogP contribution is -2.55. The number of piperidine rings is 1. The van der Waals surface area contributed by atoms with Crippen LogP contribution >= 0.6 is 0 Å². The molecule has 1 aromatic carbocycles. The zero-order valence-corrected chi connectivity index (χ0v) is 27.9. The lowest BCUT2D eigenvalue weighted by molar-refractivity contribution is -0.133. The molecule has 1 saturated carbocycles. The molecule has 4 amide bonds. The predicted molar refractivity (Wildman–Crippen MR) is 172 cm³/mol. The maximum Gasteiger partial charge on any atom is 0.410 e. The van der Waals surface area contributed by atoms with Gasteiger partial charge in [0.1, 0.15) is 11.4 Å². The van der Waals surface area contributed by atoms with Crippen molar-refractivity contribution in [2.75, 3.05) is 43.2 Å². The molecule has 2 unspecified atom stereocenters. The van der Waals surface area contributed by atoms with Gasteiger partial charge in [0.25, 0.3) is 5.91 Å². The van der Waals surface area contributed by atoms with Gasteiger partial charge in [-0.05, 0) is 72.1 Å². The lowest BCUT2D eigenvalue weighted by atomic mass is 9.87. The molecule has 2 aromatic rings. The molecule has 47 heavy (non-hydrogen) atoms. The Balaban J connectivity index is 1.31. The van der Waals surface area contributed by atoms with Crippen molar-refractivity contribution < 1.29 is 33.4 Å². The van der Waals surface area contributed by atoms with Gasteiger partial charge in [0, 0.05) is 57.2 Å². The number of hydrogen-bond acceptors (Lipinski definition) is 9. The van der Waals surface area contributed by atoms with Crippen LogP contribution in [-0.2, 0) is 30.4 Å². The van der Waals surface area contributed by atoms with Gasteiger partial charge in [0.05, 0.1) is 41.7 Å². The molecular weight excluding hydrogens is 604 g/mol. The molecule has 2 bridgehead atoms. The second-order valence-electron chi connectivity index (χ2n) is 14.1. The summed E-state index contributed by atoms with van der Waals surface area (Å²) in [7, 11) is 1.62. The first-order chi connectivity index (χ1) is 22.3. The first-order valence-corrected chi connectivity index (χ1v) is 16.3. The fraction of sp³-hybridized carbons (Fsp3) is 0.588. The Morgan fingerprint density at radius 2 is 1.85 bits per heavy atom. The Hall–Kier alpha value is -4.26. The highest BCUT2D eigenvalue weighted by molar-refractivity contribution is 6.04. The van der Waals surface area contributed by atoms with Gasteiger partial charge in [0.15, 0.2) is 5.60 Å². The Labute approximate surface area is 274 Å². The molecular formula is C34H44N6O7. The van der Waals surface area contributed by atoms with Crippen LogP contribution in [0.15, 0.2) is 30.6 Å². The number of aryl methyl sites for hydroxylation is 1. The van der Waals surface area contributed by atoms with E-state index in [9.17, 15) is 19.2 Å². The van der Waals surface area contributed by atoms with Gasteiger partial charge in [-0.15, -0.1) is 0 Å². The summed E-state index contributed by atoms with van der Waals surface area (Å²) in [6, 6.07) is 5.29. The van der Waals surface area contributed by atoms with Gasteiger partial charge in [-0.2, -0.15) is 0 Å². The standard InChI is InChI=1S/C34H44N6O7/c1-20-15-36-23(16-35-20)17-37-29(41)21-12-22-19-38(18-21)32(44)47-33(2,3)25-14-26(25)40(30(22)42)24-8-9-28-27(13-24)39(10-7-11-45-6)31(43)34(4,5)46-28/h8-9,13,15-16,21-22,25-26H,7,10-12,14,17-19H2,1-6H3,(H,37,41)/t21-,22+,25?,26?/m0/s1. The van der Waals surface area contributed by atoms with E-state index in [4.69, 9.17) is 14.2 Å². The van der Waals surface area contributed by atoms with Gasteiger partial charge < -0.3 is 34.2 Å². The van der Waals surface area contributed by atoms with E-state index in [1.54, 1.807) is 43.2 Å². The maximum atomic E-state index is 14.6. The van der Waals surface area contributed by atoms with Crippen LogP contribution in [0.4, 0.5) is 16.2 Å². The number of aromatic nitrogens is 2. The van der Waals surface area contributed by atoms with E-state index in [0.29, 0.717) is 48.8 Å². The first-order valence-electron chi connectivity index (χ1n) is 16.3. The Bertz CT molecular complexity index is 1560. The number of rotatable bonds is 8. The molecule has 13 heteroatoms. The Kier molecular flexibility index (Phi) is 8.62. The fourth-order valence-corrected chi connectivity index (χ4v) is 7.00.